The minimum atomic E-state index is -0.355. The van der Waals surface area contributed by atoms with E-state index in [1.807, 2.05) is 22.9 Å². The molecule has 0 unspecified atom stereocenters. The minimum absolute atomic E-state index is 0.355. The van der Waals surface area contributed by atoms with Crippen LogP contribution >= 0.6 is 11.6 Å². The topological polar surface area (TPSA) is 69.6 Å². The van der Waals surface area contributed by atoms with Gasteiger partial charge in [0.15, 0.2) is 0 Å². The molecule has 4 rings (SSSR count). The first kappa shape index (κ1) is 15.5. The average Bonchev–Trinajstić information content (AvgIpc) is 2.99. The highest BCUT2D eigenvalue weighted by molar-refractivity contribution is 6.33. The molecule has 0 atom stereocenters. The molecule has 0 aliphatic rings. The van der Waals surface area contributed by atoms with E-state index in [9.17, 15) is 4.39 Å². The largest absolute Gasteiger partial charge is 0.384 e. The van der Waals surface area contributed by atoms with E-state index in [4.69, 9.17) is 17.3 Å². The predicted molar refractivity (Wildman–Crippen MR) is 95.7 cm³/mol. The third-order valence-electron chi connectivity index (χ3n) is 3.92. The Labute approximate surface area is 147 Å². The Morgan fingerprint density at radius 1 is 1.08 bits per heavy atom. The molecule has 7 heteroatoms. The Bertz CT molecular complexity index is 1080. The second-order valence-electron chi connectivity index (χ2n) is 5.67. The van der Waals surface area contributed by atoms with Crippen LogP contribution in [0.2, 0.25) is 5.02 Å². The molecule has 0 saturated heterocycles. The van der Waals surface area contributed by atoms with Gasteiger partial charge in [0, 0.05) is 42.5 Å². The van der Waals surface area contributed by atoms with Crippen LogP contribution in [0.5, 0.6) is 0 Å². The quantitative estimate of drug-likeness (QED) is 0.606. The van der Waals surface area contributed by atoms with Gasteiger partial charge in [-0.1, -0.05) is 11.6 Å². The van der Waals surface area contributed by atoms with Gasteiger partial charge in [-0.05, 0) is 29.8 Å². The average molecular weight is 354 g/mol. The van der Waals surface area contributed by atoms with Crippen LogP contribution in [0, 0.1) is 5.82 Å². The predicted octanol–water partition coefficient (Wildman–Crippen LogP) is 3.92. The summed E-state index contributed by atoms with van der Waals surface area (Å²) >= 11 is 6.24. The number of pyridine rings is 3. The van der Waals surface area contributed by atoms with Gasteiger partial charge in [-0.15, -0.1) is 0 Å². The number of nitrogens with two attached hydrogens (primary N) is 1. The van der Waals surface area contributed by atoms with Crippen LogP contribution in [0.1, 0.15) is 5.56 Å². The van der Waals surface area contributed by atoms with Crippen LogP contribution in [0.3, 0.4) is 0 Å². The highest BCUT2D eigenvalue weighted by Crippen LogP contribution is 2.30. The van der Waals surface area contributed by atoms with E-state index in [0.717, 1.165) is 27.7 Å². The van der Waals surface area contributed by atoms with Gasteiger partial charge >= 0.3 is 0 Å². The number of aromatic nitrogens is 4. The Kier molecular flexibility index (Phi) is 3.82. The number of hydrogen-bond acceptors (Lipinski definition) is 4. The molecule has 0 spiro atoms. The molecule has 0 radical (unpaired) electrons. The van der Waals surface area contributed by atoms with Crippen molar-refractivity contribution in [2.24, 2.45) is 0 Å². The minimum Gasteiger partial charge on any atom is -0.384 e. The summed E-state index contributed by atoms with van der Waals surface area (Å²) in [6.45, 7) is 0.492. The van der Waals surface area contributed by atoms with Crippen molar-refractivity contribution >= 4 is 28.5 Å². The molecule has 0 saturated carbocycles. The fourth-order valence-electron chi connectivity index (χ4n) is 2.76. The van der Waals surface area contributed by atoms with Gasteiger partial charge < -0.3 is 10.3 Å². The Hall–Kier alpha value is -2.99. The van der Waals surface area contributed by atoms with E-state index in [1.165, 1.54) is 18.5 Å². The summed E-state index contributed by atoms with van der Waals surface area (Å²) < 4.78 is 15.3. The standard InChI is InChI=1S/C18H13ClFN5/c19-15-9-24-18(21)5-14(15)12-4-17-16(23-7-12)1-2-25(17)10-11-3-13(20)8-22-6-11/h1-9H,10H2,(H2,21,24). The Morgan fingerprint density at radius 3 is 2.80 bits per heavy atom. The first-order valence-corrected chi connectivity index (χ1v) is 7.93. The van der Waals surface area contributed by atoms with Crippen molar-refractivity contribution in [3.05, 3.63) is 71.7 Å². The van der Waals surface area contributed by atoms with Crippen molar-refractivity contribution in [2.45, 2.75) is 6.54 Å². The van der Waals surface area contributed by atoms with Crippen LogP contribution in [-0.4, -0.2) is 19.5 Å². The maximum atomic E-state index is 13.4. The fourth-order valence-corrected chi connectivity index (χ4v) is 2.98. The number of hydrogen-bond donors (Lipinski definition) is 1. The Morgan fingerprint density at radius 2 is 1.96 bits per heavy atom. The third-order valence-corrected chi connectivity index (χ3v) is 4.22. The summed E-state index contributed by atoms with van der Waals surface area (Å²) in [6.07, 6.45) is 8.01. The summed E-state index contributed by atoms with van der Waals surface area (Å²) in [5.41, 5.74) is 9.89. The van der Waals surface area contributed by atoms with Crippen LogP contribution in [0.4, 0.5) is 10.2 Å². The van der Waals surface area contributed by atoms with Crippen molar-refractivity contribution in [2.75, 3.05) is 5.73 Å². The van der Waals surface area contributed by atoms with Crippen LogP contribution < -0.4 is 5.73 Å². The second kappa shape index (κ2) is 6.14. The van der Waals surface area contributed by atoms with E-state index in [0.29, 0.717) is 17.4 Å². The zero-order chi connectivity index (χ0) is 17.4. The lowest BCUT2D eigenvalue weighted by molar-refractivity contribution is 0.617. The molecule has 4 heterocycles. The summed E-state index contributed by atoms with van der Waals surface area (Å²) in [5.74, 6) is 0.0348. The van der Waals surface area contributed by atoms with Gasteiger partial charge in [-0.25, -0.2) is 9.37 Å². The molecule has 0 bridgehead atoms. The molecule has 25 heavy (non-hydrogen) atoms. The van der Waals surface area contributed by atoms with Crippen molar-refractivity contribution < 1.29 is 4.39 Å². The SMILES string of the molecule is Nc1cc(-c2cnc3ccn(Cc4cncc(F)c4)c3c2)c(Cl)cn1. The second-order valence-corrected chi connectivity index (χ2v) is 6.08. The van der Waals surface area contributed by atoms with Crippen molar-refractivity contribution in [1.29, 1.82) is 0 Å². The molecular weight excluding hydrogens is 341 g/mol. The summed E-state index contributed by atoms with van der Waals surface area (Å²) in [4.78, 5) is 12.3. The highest BCUT2D eigenvalue weighted by Gasteiger charge is 2.10. The number of nitrogen functional groups attached to an aromatic ring is 1. The zero-order valence-corrected chi connectivity index (χ0v) is 13.8. The fraction of sp³-hybridized carbons (Fsp3) is 0.0556. The van der Waals surface area contributed by atoms with Gasteiger partial charge in [-0.3, -0.25) is 9.97 Å². The van der Waals surface area contributed by atoms with Gasteiger partial charge in [0.2, 0.25) is 0 Å². The van der Waals surface area contributed by atoms with Crippen molar-refractivity contribution in [3.8, 4) is 11.1 Å². The number of halogens is 2. The van der Waals surface area contributed by atoms with Crippen molar-refractivity contribution in [1.82, 2.24) is 19.5 Å². The maximum absolute atomic E-state index is 13.4. The first-order valence-electron chi connectivity index (χ1n) is 7.56. The van der Waals surface area contributed by atoms with E-state index >= 15 is 0 Å². The van der Waals surface area contributed by atoms with E-state index in [-0.39, 0.29) is 5.82 Å². The molecule has 0 aliphatic heterocycles. The van der Waals surface area contributed by atoms with Crippen LogP contribution in [-0.2, 0) is 6.54 Å². The van der Waals surface area contributed by atoms with Gasteiger partial charge in [0.05, 0.1) is 22.3 Å². The molecule has 0 aromatic carbocycles. The number of rotatable bonds is 3. The molecule has 0 fully saturated rings. The van der Waals surface area contributed by atoms with E-state index in [2.05, 4.69) is 15.0 Å². The number of fused-ring (bicyclic) bond motifs is 1. The molecular formula is C18H13ClFN5. The number of anilines is 1. The van der Waals surface area contributed by atoms with Crippen LogP contribution in [0.25, 0.3) is 22.2 Å². The van der Waals surface area contributed by atoms with Gasteiger partial charge in [0.1, 0.15) is 11.6 Å². The normalized spacial score (nSPS) is 11.1. The lowest BCUT2D eigenvalue weighted by atomic mass is 10.1. The molecule has 0 amide bonds. The van der Waals surface area contributed by atoms with Gasteiger partial charge in [-0.2, -0.15) is 0 Å². The van der Waals surface area contributed by atoms with Crippen LogP contribution in [0.15, 0.2) is 55.2 Å². The number of nitrogens with zero attached hydrogens (tertiary/aromatic N) is 4. The maximum Gasteiger partial charge on any atom is 0.141 e. The molecule has 0 aliphatic carbocycles. The molecule has 5 nitrogen and oxygen atoms in total. The van der Waals surface area contributed by atoms with E-state index < -0.39 is 0 Å². The molecule has 2 N–H and O–H groups in total. The monoisotopic (exact) mass is 353 g/mol. The summed E-state index contributed by atoms with van der Waals surface area (Å²) in [7, 11) is 0. The summed E-state index contributed by atoms with van der Waals surface area (Å²) in [5, 5.41) is 0.503. The van der Waals surface area contributed by atoms with E-state index in [1.54, 1.807) is 18.5 Å². The molecule has 124 valence electrons. The highest BCUT2D eigenvalue weighted by atomic mass is 35.5. The lowest BCUT2D eigenvalue weighted by Gasteiger charge is -2.08. The smallest absolute Gasteiger partial charge is 0.141 e. The van der Waals surface area contributed by atoms with Gasteiger partial charge in [0.25, 0.3) is 0 Å². The molecule has 4 aromatic rings. The molecule has 4 aromatic heterocycles. The third kappa shape index (κ3) is 3.04. The Balaban J connectivity index is 1.79. The van der Waals surface area contributed by atoms with Crippen molar-refractivity contribution in [3.63, 3.8) is 0 Å². The first-order chi connectivity index (χ1) is 12.1. The summed E-state index contributed by atoms with van der Waals surface area (Å²) in [6, 6.07) is 7.08. The zero-order valence-electron chi connectivity index (χ0n) is 13.0. The lowest BCUT2D eigenvalue weighted by Crippen LogP contribution is -1.99.